The van der Waals surface area contributed by atoms with Gasteiger partial charge in [-0.3, -0.25) is 34.1 Å². The minimum absolute atomic E-state index is 0.222. The van der Waals surface area contributed by atoms with Gasteiger partial charge in [0.15, 0.2) is 23.1 Å². The Labute approximate surface area is 284 Å². The van der Waals surface area contributed by atoms with Crippen LogP contribution in [-0.2, 0) is 5.41 Å². The molecule has 6 aromatic rings. The lowest BCUT2D eigenvalue weighted by Gasteiger charge is -2.29. The molecule has 3 heterocycles. The van der Waals surface area contributed by atoms with Crippen LogP contribution in [0.25, 0.3) is 0 Å². The Morgan fingerprint density at radius 1 is 0.449 bits per heavy atom. The monoisotopic (exact) mass is 643 g/mol. The van der Waals surface area contributed by atoms with Gasteiger partial charge in [0, 0.05) is 87.1 Å². The van der Waals surface area contributed by atoms with Crippen LogP contribution in [0.2, 0.25) is 0 Å². The van der Waals surface area contributed by atoms with E-state index in [1.165, 1.54) is 18.6 Å². The molecule has 0 spiro atoms. The summed E-state index contributed by atoms with van der Waals surface area (Å²) in [6.07, 6.45) is 9.29. The van der Waals surface area contributed by atoms with Crippen LogP contribution in [0.15, 0.2) is 128 Å². The van der Waals surface area contributed by atoms with Gasteiger partial charge in [0.1, 0.15) is 0 Å². The molecular formula is C42H33N3O4. The lowest BCUT2D eigenvalue weighted by atomic mass is 9.73. The summed E-state index contributed by atoms with van der Waals surface area (Å²) in [5.74, 6) is -1.05. The molecule has 3 aromatic carbocycles. The van der Waals surface area contributed by atoms with E-state index in [2.05, 4.69) is 15.0 Å². The van der Waals surface area contributed by atoms with Crippen LogP contribution in [0.1, 0.15) is 99.8 Å². The third-order valence-corrected chi connectivity index (χ3v) is 9.04. The molecule has 0 aliphatic rings. The highest BCUT2D eigenvalue weighted by Crippen LogP contribution is 2.37. The van der Waals surface area contributed by atoms with Gasteiger partial charge >= 0.3 is 0 Å². The molecule has 3 aromatic heterocycles. The van der Waals surface area contributed by atoms with E-state index in [1.807, 2.05) is 26.0 Å². The van der Waals surface area contributed by atoms with Crippen LogP contribution in [0.5, 0.6) is 0 Å². The molecule has 240 valence electrons. The predicted molar refractivity (Wildman–Crippen MR) is 187 cm³/mol. The third kappa shape index (κ3) is 6.39. The largest absolute Gasteiger partial charge is 0.289 e. The van der Waals surface area contributed by atoms with Gasteiger partial charge in [0.2, 0.25) is 0 Å². The number of benzene rings is 3. The molecule has 49 heavy (non-hydrogen) atoms. The summed E-state index contributed by atoms with van der Waals surface area (Å²) in [4.78, 5) is 68.4. The SMILES string of the molecule is Cc1c(C(=O)c2ccccc2)cc(C(C)(C)c2cc(C(=O)c3cccnc3)c(C)c(C(=O)c3cccnc3)c2)cc1C(=O)c1cccnc1. The van der Waals surface area contributed by atoms with Crippen molar-refractivity contribution in [2.24, 2.45) is 0 Å². The molecule has 0 N–H and O–H groups in total. The van der Waals surface area contributed by atoms with Crippen LogP contribution in [-0.4, -0.2) is 38.1 Å². The molecule has 0 radical (unpaired) electrons. The first-order valence-corrected chi connectivity index (χ1v) is 15.8. The minimum Gasteiger partial charge on any atom is -0.289 e. The summed E-state index contributed by atoms with van der Waals surface area (Å²) in [6, 6.07) is 26.3. The smallest absolute Gasteiger partial charge is 0.194 e. The molecule has 7 nitrogen and oxygen atoms in total. The number of rotatable bonds is 10. The Hall–Kier alpha value is -6.21. The Morgan fingerprint density at radius 2 is 0.755 bits per heavy atom. The van der Waals surface area contributed by atoms with Crippen molar-refractivity contribution in [1.29, 1.82) is 0 Å². The zero-order chi connectivity index (χ0) is 34.7. The molecule has 0 bridgehead atoms. The van der Waals surface area contributed by atoms with Crippen molar-refractivity contribution in [3.05, 3.63) is 195 Å². The second-order valence-corrected chi connectivity index (χ2v) is 12.4. The maximum Gasteiger partial charge on any atom is 0.194 e. The molecule has 0 amide bonds. The third-order valence-electron chi connectivity index (χ3n) is 9.04. The quantitative estimate of drug-likeness (QED) is 0.141. The molecular weight excluding hydrogens is 610 g/mol. The Morgan fingerprint density at radius 3 is 1.06 bits per heavy atom. The van der Waals surface area contributed by atoms with Gasteiger partial charge in [0.05, 0.1) is 0 Å². The van der Waals surface area contributed by atoms with E-state index in [0.29, 0.717) is 66.8 Å². The topological polar surface area (TPSA) is 107 Å². The van der Waals surface area contributed by atoms with E-state index in [9.17, 15) is 19.2 Å². The van der Waals surface area contributed by atoms with E-state index >= 15 is 0 Å². The van der Waals surface area contributed by atoms with Gasteiger partial charge < -0.3 is 0 Å². The number of aromatic nitrogens is 3. The number of pyridine rings is 3. The van der Waals surface area contributed by atoms with Crippen molar-refractivity contribution in [1.82, 2.24) is 15.0 Å². The van der Waals surface area contributed by atoms with Crippen molar-refractivity contribution in [2.75, 3.05) is 0 Å². The molecule has 7 heteroatoms. The average molecular weight is 644 g/mol. The molecule has 0 saturated heterocycles. The van der Waals surface area contributed by atoms with E-state index in [1.54, 1.807) is 111 Å². The van der Waals surface area contributed by atoms with Crippen molar-refractivity contribution >= 4 is 23.1 Å². The molecule has 0 atom stereocenters. The fourth-order valence-corrected chi connectivity index (χ4v) is 5.96. The predicted octanol–water partition coefficient (Wildman–Crippen LogP) is 7.74. The van der Waals surface area contributed by atoms with Crippen molar-refractivity contribution in [3.63, 3.8) is 0 Å². The van der Waals surface area contributed by atoms with Crippen molar-refractivity contribution in [2.45, 2.75) is 33.1 Å². The minimum atomic E-state index is -0.898. The number of carbonyl (C=O) groups is 4. The summed E-state index contributed by atoms with van der Waals surface area (Å²) in [5, 5.41) is 0. The standard InChI is InChI=1S/C42H33N3O4/c1-26-34(38(46)28-11-6-5-7-12-28)19-32(20-35(26)39(47)29-13-8-16-43-23-29)42(3,4)33-21-36(40(48)30-14-9-17-44-24-30)27(2)37(22-33)41(49)31-15-10-18-45-25-31/h5-25H,1-4H3. The van der Waals surface area contributed by atoms with E-state index in [-0.39, 0.29) is 23.1 Å². The highest BCUT2D eigenvalue weighted by molar-refractivity contribution is 6.16. The average Bonchev–Trinajstić information content (AvgIpc) is 3.15. The van der Waals surface area contributed by atoms with E-state index < -0.39 is 5.41 Å². The fraction of sp³-hybridized carbons (Fsp3) is 0.119. The Kier molecular flexibility index (Phi) is 9.01. The first-order chi connectivity index (χ1) is 23.6. The Balaban J connectivity index is 1.58. The van der Waals surface area contributed by atoms with Crippen LogP contribution in [0.3, 0.4) is 0 Å². The molecule has 0 unspecified atom stereocenters. The van der Waals surface area contributed by atoms with Crippen LogP contribution in [0, 0.1) is 13.8 Å². The summed E-state index contributed by atoms with van der Waals surface area (Å²) in [5.41, 5.74) is 4.59. The zero-order valence-corrected chi connectivity index (χ0v) is 27.6. The van der Waals surface area contributed by atoms with Gasteiger partial charge in [-0.05, 0) is 96.8 Å². The highest BCUT2D eigenvalue weighted by atomic mass is 16.1. The molecule has 0 fully saturated rings. The Bertz CT molecular complexity index is 1910. The van der Waals surface area contributed by atoms with Crippen LogP contribution >= 0.6 is 0 Å². The number of nitrogens with zero attached hydrogens (tertiary/aromatic N) is 3. The van der Waals surface area contributed by atoms with Gasteiger partial charge in [-0.1, -0.05) is 44.2 Å². The van der Waals surface area contributed by atoms with Crippen molar-refractivity contribution in [3.8, 4) is 0 Å². The molecule has 0 aliphatic carbocycles. The van der Waals surface area contributed by atoms with Gasteiger partial charge in [-0.2, -0.15) is 0 Å². The zero-order valence-electron chi connectivity index (χ0n) is 27.6. The number of hydrogen-bond donors (Lipinski definition) is 0. The second-order valence-electron chi connectivity index (χ2n) is 12.4. The maximum absolute atomic E-state index is 14.0. The van der Waals surface area contributed by atoms with E-state index in [0.717, 1.165) is 0 Å². The maximum atomic E-state index is 14.0. The second kappa shape index (κ2) is 13.5. The fourth-order valence-electron chi connectivity index (χ4n) is 5.96. The molecule has 6 rings (SSSR count). The van der Waals surface area contributed by atoms with E-state index in [4.69, 9.17) is 0 Å². The van der Waals surface area contributed by atoms with Gasteiger partial charge in [0.25, 0.3) is 0 Å². The highest BCUT2D eigenvalue weighted by Gasteiger charge is 2.31. The number of ketones is 4. The summed E-state index contributed by atoms with van der Waals surface area (Å²) >= 11 is 0. The van der Waals surface area contributed by atoms with Crippen molar-refractivity contribution < 1.29 is 19.2 Å². The summed E-state index contributed by atoms with van der Waals surface area (Å²) < 4.78 is 0. The first-order valence-electron chi connectivity index (χ1n) is 15.8. The lowest BCUT2D eigenvalue weighted by Crippen LogP contribution is -2.24. The summed E-state index contributed by atoms with van der Waals surface area (Å²) in [6.45, 7) is 7.44. The summed E-state index contributed by atoms with van der Waals surface area (Å²) in [7, 11) is 0. The van der Waals surface area contributed by atoms with Gasteiger partial charge in [-0.25, -0.2) is 0 Å². The van der Waals surface area contributed by atoms with Crippen LogP contribution < -0.4 is 0 Å². The first kappa shape index (κ1) is 32.7. The molecule has 0 aliphatic heterocycles. The molecule has 0 saturated carbocycles. The normalized spacial score (nSPS) is 11.2. The lowest BCUT2D eigenvalue weighted by molar-refractivity contribution is 0.102. The van der Waals surface area contributed by atoms with Gasteiger partial charge in [-0.15, -0.1) is 0 Å². The number of hydrogen-bond acceptors (Lipinski definition) is 7. The van der Waals surface area contributed by atoms with Crippen LogP contribution in [0.4, 0.5) is 0 Å². The number of carbonyl (C=O) groups excluding carboxylic acids is 4.